The molecule has 70 heavy (non-hydrogen) atoms. The van der Waals surface area contributed by atoms with Crippen LogP contribution in [0.25, 0.3) is 0 Å². The van der Waals surface area contributed by atoms with Crippen molar-refractivity contribution in [3.05, 3.63) is 59.2 Å². The van der Waals surface area contributed by atoms with E-state index in [1.54, 1.807) is 6.08 Å². The zero-order valence-electron chi connectivity index (χ0n) is 41.8. The number of ether oxygens (including phenoxy) is 3. The number of esters is 2. The first-order chi connectivity index (χ1) is 33.4. The molecule has 1 saturated heterocycles. The van der Waals surface area contributed by atoms with Gasteiger partial charge in [-0.2, -0.15) is 9.29 Å². The second-order valence-corrected chi connectivity index (χ2v) is 21.4. The molecule has 0 aromatic carbocycles. The number of anilines is 1. The number of carbonyl (C=O) groups is 2. The van der Waals surface area contributed by atoms with Crippen molar-refractivity contribution in [2.24, 2.45) is 5.92 Å². The number of aliphatic hydroxyl groups is 3. The molecule has 2 heterocycles. The number of rotatable bonds is 41. The zero-order valence-corrected chi connectivity index (χ0v) is 43.6. The Morgan fingerprint density at radius 3 is 1.91 bits per heavy atom. The highest BCUT2D eigenvalue weighted by Crippen LogP contribution is 2.60. The minimum Gasteiger partial charge on any atom is -0.462 e. The van der Waals surface area contributed by atoms with E-state index in [0.29, 0.717) is 19.3 Å². The van der Waals surface area contributed by atoms with Crippen molar-refractivity contribution >= 4 is 33.4 Å². The number of unbranched alkanes of at least 4 members (excludes halogenated alkanes) is 16. The average Bonchev–Trinajstić information content (AvgIpc) is 3.58. The predicted molar refractivity (Wildman–Crippen MR) is 267 cm³/mol. The molecule has 0 saturated carbocycles. The maximum Gasteiger partial charge on any atom is 0.481 e. The van der Waals surface area contributed by atoms with Gasteiger partial charge in [-0.1, -0.05) is 166 Å². The van der Waals surface area contributed by atoms with Gasteiger partial charge in [0.2, 0.25) is 0 Å². The van der Waals surface area contributed by atoms with Gasteiger partial charge >= 0.3 is 33.3 Å². The molecule has 1 aromatic heterocycles. The number of aromatic nitrogens is 2. The molecular formula is C49H85N3O16P2. The van der Waals surface area contributed by atoms with Crippen molar-refractivity contribution in [2.75, 3.05) is 25.6 Å². The number of carbonyl (C=O) groups excluding carboxylic acids is 2. The molecule has 1 aliphatic heterocycles. The molecule has 402 valence electrons. The minimum atomic E-state index is -5.44. The average molecular weight is 1030 g/mol. The summed E-state index contributed by atoms with van der Waals surface area (Å²) in [5, 5.41) is 31.1. The van der Waals surface area contributed by atoms with E-state index >= 15 is 0 Å². The lowest BCUT2D eigenvalue weighted by molar-refractivity contribution is -0.161. The molecular weight excluding hydrogens is 948 g/mol. The molecule has 1 fully saturated rings. The van der Waals surface area contributed by atoms with Crippen molar-refractivity contribution in [1.82, 2.24) is 9.55 Å². The summed E-state index contributed by atoms with van der Waals surface area (Å²) in [5.41, 5.74) is 4.58. The number of hydrogen-bond acceptors (Lipinski definition) is 16. The van der Waals surface area contributed by atoms with Gasteiger partial charge in [-0.3, -0.25) is 23.2 Å². The number of phosphoric acid groups is 2. The number of nitrogen functional groups attached to an aromatic ring is 1. The highest BCUT2D eigenvalue weighted by atomic mass is 31.3. The molecule has 2 rings (SSSR count). The number of nitrogens with zero attached hydrogens (tertiary/aromatic N) is 2. The minimum absolute atomic E-state index is 0.0318. The van der Waals surface area contributed by atoms with E-state index in [1.165, 1.54) is 63.9 Å². The standard InChI is InChI=1S/C49H85N3O16P2/c1-4-5-6-7-15-20-25-30-40(53)31-26-21-18-23-27-32-44(54)63-36-41(66-45(55)33-28-22-17-14-12-10-8-9-11-13-16-19-24-29-39(2)3)37-64-69(59,60)68-70(61,62)65-38-42-46(56)47(57)48(67-42)52-35-34-43(50)51-49(52)58/h5-6,15,20,25,30,34-35,39-42,46-48,53,56-57H,4,7-14,16-19,21-24,26-29,31-33,36-38H2,1-3H3,(H,59,60)(H,61,62)(H2,50,51,58)/b6-5+,20-15+,30-25+/t40?,41-,42-,46-,47-,48-/m1/s1. The number of nitrogens with two attached hydrogens (primary N) is 1. The summed E-state index contributed by atoms with van der Waals surface area (Å²) in [6.45, 7) is 4.25. The van der Waals surface area contributed by atoms with Crippen LogP contribution < -0.4 is 11.4 Å². The summed E-state index contributed by atoms with van der Waals surface area (Å²) < 4.78 is 56.7. The van der Waals surface area contributed by atoms with Crippen molar-refractivity contribution in [1.29, 1.82) is 0 Å². The van der Waals surface area contributed by atoms with Crippen molar-refractivity contribution in [3.8, 4) is 0 Å². The van der Waals surface area contributed by atoms with E-state index in [9.17, 15) is 48.6 Å². The highest BCUT2D eigenvalue weighted by molar-refractivity contribution is 7.61. The smallest absolute Gasteiger partial charge is 0.462 e. The van der Waals surface area contributed by atoms with Crippen molar-refractivity contribution in [3.63, 3.8) is 0 Å². The van der Waals surface area contributed by atoms with E-state index in [-0.39, 0.29) is 18.7 Å². The Morgan fingerprint density at radius 1 is 0.771 bits per heavy atom. The van der Waals surface area contributed by atoms with Crippen LogP contribution in [0.2, 0.25) is 0 Å². The third-order valence-electron chi connectivity index (χ3n) is 11.5. The van der Waals surface area contributed by atoms with Crippen molar-refractivity contribution in [2.45, 2.75) is 212 Å². The van der Waals surface area contributed by atoms with Crippen LogP contribution in [0.1, 0.15) is 181 Å². The topological polar surface area (TPSA) is 286 Å². The van der Waals surface area contributed by atoms with Crippen LogP contribution in [-0.4, -0.2) is 96.9 Å². The van der Waals surface area contributed by atoms with Gasteiger partial charge in [0.05, 0.1) is 19.3 Å². The molecule has 1 aliphatic rings. The fourth-order valence-corrected chi connectivity index (χ4v) is 9.67. The molecule has 0 spiro atoms. The molecule has 0 aliphatic carbocycles. The summed E-state index contributed by atoms with van der Waals surface area (Å²) >= 11 is 0. The molecule has 19 nitrogen and oxygen atoms in total. The SMILES string of the molecule is CC/C=C/C/C=C/C=C/C(O)CCCCCCCC(=O)OC[C@H](COP(=O)(O)OP(=O)(O)OC[C@H]1O[C@@H](n2ccc(N)nc2=O)[C@H](O)[C@@H]1O)OC(=O)CCCCCCCCCCCCCCCC(C)C. The molecule has 3 unspecified atom stereocenters. The summed E-state index contributed by atoms with van der Waals surface area (Å²) in [7, 11) is -10.9. The van der Waals surface area contributed by atoms with E-state index in [2.05, 4.69) is 42.2 Å². The summed E-state index contributed by atoms with van der Waals surface area (Å²) in [5.74, 6) is -0.596. The van der Waals surface area contributed by atoms with Crippen LogP contribution in [0, 0.1) is 5.92 Å². The van der Waals surface area contributed by atoms with Crippen LogP contribution >= 0.6 is 15.6 Å². The van der Waals surface area contributed by atoms with Gasteiger partial charge in [0.25, 0.3) is 0 Å². The van der Waals surface area contributed by atoms with Gasteiger partial charge in [0, 0.05) is 19.0 Å². The largest absolute Gasteiger partial charge is 0.481 e. The Balaban J connectivity index is 1.82. The fourth-order valence-electron chi connectivity index (χ4n) is 7.56. The molecule has 8 atom stereocenters. The van der Waals surface area contributed by atoms with Crippen LogP contribution in [0.3, 0.4) is 0 Å². The van der Waals surface area contributed by atoms with Gasteiger partial charge in [-0.05, 0) is 44.1 Å². The number of allylic oxidation sites excluding steroid dienone is 5. The first-order valence-corrected chi connectivity index (χ1v) is 28.5. The molecule has 1 aromatic rings. The fraction of sp³-hybridized carbons (Fsp3) is 0.755. The molecule has 0 amide bonds. The zero-order chi connectivity index (χ0) is 51.6. The second kappa shape index (κ2) is 36.8. The quantitative estimate of drug-likeness (QED) is 0.0117. The van der Waals surface area contributed by atoms with Crippen LogP contribution in [0.4, 0.5) is 5.82 Å². The van der Waals surface area contributed by atoms with E-state index in [4.69, 9.17) is 29.0 Å². The number of hydrogen-bond donors (Lipinski definition) is 6. The Bertz CT molecular complexity index is 1850. The molecule has 0 bridgehead atoms. The lowest BCUT2D eigenvalue weighted by Gasteiger charge is -2.21. The predicted octanol–water partition coefficient (Wildman–Crippen LogP) is 9.22. The normalized spacial score (nSPS) is 20.1. The summed E-state index contributed by atoms with van der Waals surface area (Å²) in [6, 6.07) is 1.24. The molecule has 7 N–H and O–H groups in total. The maximum atomic E-state index is 12.9. The van der Waals surface area contributed by atoms with E-state index < -0.39 is 89.8 Å². The van der Waals surface area contributed by atoms with Crippen LogP contribution in [0.15, 0.2) is 53.5 Å². The van der Waals surface area contributed by atoms with Gasteiger partial charge < -0.3 is 45.1 Å². The maximum absolute atomic E-state index is 12.9. The third kappa shape index (κ3) is 30.1. The van der Waals surface area contributed by atoms with Crippen LogP contribution in [0.5, 0.6) is 0 Å². The monoisotopic (exact) mass is 1030 g/mol. The molecule has 0 radical (unpaired) electrons. The Morgan fingerprint density at radius 2 is 1.33 bits per heavy atom. The van der Waals surface area contributed by atoms with Gasteiger partial charge in [-0.25, -0.2) is 13.9 Å². The Hall–Kier alpha value is -3.06. The van der Waals surface area contributed by atoms with E-state index in [0.717, 1.165) is 80.9 Å². The first-order valence-electron chi connectivity index (χ1n) is 25.5. The lowest BCUT2D eigenvalue weighted by Crippen LogP contribution is -2.36. The third-order valence-corrected chi connectivity index (χ3v) is 14.1. The van der Waals surface area contributed by atoms with Gasteiger partial charge in [0.15, 0.2) is 12.3 Å². The highest BCUT2D eigenvalue weighted by Gasteiger charge is 2.46. The van der Waals surface area contributed by atoms with Gasteiger partial charge in [0.1, 0.15) is 30.7 Å². The number of phosphoric ester groups is 2. The number of aliphatic hydroxyl groups excluding tert-OH is 3. The van der Waals surface area contributed by atoms with E-state index in [1.807, 2.05) is 18.2 Å². The van der Waals surface area contributed by atoms with Crippen LogP contribution in [-0.2, 0) is 46.3 Å². The van der Waals surface area contributed by atoms with Crippen molar-refractivity contribution < 1.29 is 71.4 Å². The second-order valence-electron chi connectivity index (χ2n) is 18.3. The summed E-state index contributed by atoms with van der Waals surface area (Å²) in [4.78, 5) is 61.9. The molecule has 21 heteroatoms. The Kier molecular flexibility index (Phi) is 33.1. The lowest BCUT2D eigenvalue weighted by atomic mass is 10.0. The Labute approximate surface area is 415 Å². The van der Waals surface area contributed by atoms with Gasteiger partial charge in [-0.15, -0.1) is 0 Å². The summed E-state index contributed by atoms with van der Waals surface area (Å²) in [6.07, 6.45) is 26.8. The first kappa shape index (κ1) is 63.1.